The number of carbonyl (C=O) groups excluding carboxylic acids is 3. The van der Waals surface area contributed by atoms with Crippen molar-refractivity contribution in [1.82, 2.24) is 10.2 Å². The van der Waals surface area contributed by atoms with E-state index in [2.05, 4.69) is 26.1 Å². The summed E-state index contributed by atoms with van der Waals surface area (Å²) >= 11 is 3.46. The molecule has 1 aromatic rings. The van der Waals surface area contributed by atoms with Gasteiger partial charge >= 0.3 is 0 Å². The third kappa shape index (κ3) is 4.91. The van der Waals surface area contributed by atoms with E-state index in [0.29, 0.717) is 26.1 Å². The summed E-state index contributed by atoms with van der Waals surface area (Å²) in [5, 5.41) is 2.90. The Kier molecular flexibility index (Phi) is 7.07. The summed E-state index contributed by atoms with van der Waals surface area (Å²) < 4.78 is 0.847. The number of amides is 3. The minimum absolute atomic E-state index is 0.0669. The van der Waals surface area contributed by atoms with E-state index in [4.69, 9.17) is 5.73 Å². The van der Waals surface area contributed by atoms with Crippen LogP contribution in [-0.4, -0.2) is 55.3 Å². The summed E-state index contributed by atoms with van der Waals surface area (Å²) in [4.78, 5) is 40.4. The summed E-state index contributed by atoms with van der Waals surface area (Å²) in [6.07, 6.45) is 3.15. The molecule has 3 rings (SSSR count). The molecule has 0 spiro atoms. The molecule has 1 aromatic carbocycles. The van der Waals surface area contributed by atoms with Crippen molar-refractivity contribution in [2.24, 2.45) is 17.6 Å². The number of halogens is 1. The number of rotatable bonds is 7. The van der Waals surface area contributed by atoms with Gasteiger partial charge in [-0.2, -0.15) is 0 Å². The normalized spacial score (nSPS) is 23.0. The molecule has 7 nitrogen and oxygen atoms in total. The highest BCUT2D eigenvalue weighted by Gasteiger charge is 2.38. The second-order valence-corrected chi connectivity index (χ2v) is 8.32. The predicted molar refractivity (Wildman–Crippen MR) is 111 cm³/mol. The molecule has 28 heavy (non-hydrogen) atoms. The predicted octanol–water partition coefficient (Wildman–Crippen LogP) is 1.51. The third-order valence-corrected chi connectivity index (χ3v) is 6.19. The molecule has 0 aromatic heterocycles. The molecule has 2 aliphatic heterocycles. The first-order valence-electron chi connectivity index (χ1n) is 9.82. The average Bonchev–Trinajstić information content (AvgIpc) is 3.07. The lowest BCUT2D eigenvalue weighted by atomic mass is 9.97. The third-order valence-electron chi connectivity index (χ3n) is 5.52. The van der Waals surface area contributed by atoms with Crippen molar-refractivity contribution < 1.29 is 14.4 Å². The number of nitrogens with two attached hydrogens (primary N) is 1. The van der Waals surface area contributed by atoms with Gasteiger partial charge in [0.2, 0.25) is 17.7 Å². The highest BCUT2D eigenvalue weighted by atomic mass is 79.9. The van der Waals surface area contributed by atoms with Crippen LogP contribution in [0.3, 0.4) is 0 Å². The minimum atomic E-state index is -0.624. The topological polar surface area (TPSA) is 95.7 Å². The standard InChI is InChI=1S/C20H27BrN4O3/c21-16-6-1-2-7-17(16)25-12-8-15(20(25)28)19(27)23-9-4-11-24-10-3-5-14(13-24)18(22)26/h1-2,6-7,14-15H,3-5,8-13H2,(H2,22,26)(H,23,27). The van der Waals surface area contributed by atoms with Gasteiger partial charge in [0.25, 0.3) is 0 Å². The number of nitrogens with zero attached hydrogens (tertiary/aromatic N) is 2. The molecule has 3 amide bonds. The van der Waals surface area contributed by atoms with Gasteiger partial charge in [0.05, 0.1) is 11.6 Å². The van der Waals surface area contributed by atoms with Crippen LogP contribution in [0.25, 0.3) is 0 Å². The van der Waals surface area contributed by atoms with Gasteiger partial charge in [-0.1, -0.05) is 12.1 Å². The summed E-state index contributed by atoms with van der Waals surface area (Å²) in [5.74, 6) is -1.27. The molecule has 3 N–H and O–H groups in total. The van der Waals surface area contributed by atoms with Gasteiger partial charge in [-0.25, -0.2) is 0 Å². The van der Waals surface area contributed by atoms with Gasteiger partial charge in [0.1, 0.15) is 5.92 Å². The Labute approximate surface area is 173 Å². The minimum Gasteiger partial charge on any atom is -0.369 e. The van der Waals surface area contributed by atoms with Crippen LogP contribution in [0.5, 0.6) is 0 Å². The smallest absolute Gasteiger partial charge is 0.239 e. The van der Waals surface area contributed by atoms with E-state index in [1.165, 1.54) is 0 Å². The van der Waals surface area contributed by atoms with Gasteiger partial charge in [-0.15, -0.1) is 0 Å². The Morgan fingerprint density at radius 1 is 1.21 bits per heavy atom. The lowest BCUT2D eigenvalue weighted by molar-refractivity contribution is -0.132. The van der Waals surface area contributed by atoms with Gasteiger partial charge in [0, 0.05) is 24.1 Å². The van der Waals surface area contributed by atoms with Crippen molar-refractivity contribution in [1.29, 1.82) is 0 Å². The van der Waals surface area contributed by atoms with E-state index in [9.17, 15) is 14.4 Å². The molecule has 2 unspecified atom stereocenters. The molecule has 8 heteroatoms. The fourth-order valence-electron chi connectivity index (χ4n) is 3.96. The Bertz CT molecular complexity index is 742. The molecule has 2 atom stereocenters. The van der Waals surface area contributed by atoms with Crippen LogP contribution >= 0.6 is 15.9 Å². The zero-order chi connectivity index (χ0) is 20.1. The molecule has 2 heterocycles. The van der Waals surface area contributed by atoms with E-state index in [1.807, 2.05) is 24.3 Å². The maximum atomic E-state index is 12.7. The number of primary amides is 1. The maximum Gasteiger partial charge on any atom is 0.239 e. The zero-order valence-electron chi connectivity index (χ0n) is 15.9. The summed E-state index contributed by atoms with van der Waals surface area (Å²) in [7, 11) is 0. The fourth-order valence-corrected chi connectivity index (χ4v) is 4.46. The number of piperidine rings is 1. The van der Waals surface area contributed by atoms with Crippen LogP contribution < -0.4 is 16.0 Å². The number of carbonyl (C=O) groups is 3. The number of nitrogens with one attached hydrogen (secondary N) is 1. The average molecular weight is 451 g/mol. The molecular formula is C20H27BrN4O3. The number of para-hydroxylation sites is 1. The lowest BCUT2D eigenvalue weighted by Gasteiger charge is -2.31. The van der Waals surface area contributed by atoms with Crippen LogP contribution in [0, 0.1) is 11.8 Å². The molecule has 0 saturated carbocycles. The number of likely N-dealkylation sites (tertiary alicyclic amines) is 1. The monoisotopic (exact) mass is 450 g/mol. The van der Waals surface area contributed by atoms with Crippen LogP contribution in [0.2, 0.25) is 0 Å². The van der Waals surface area contributed by atoms with E-state index < -0.39 is 5.92 Å². The Balaban J connectivity index is 1.42. The van der Waals surface area contributed by atoms with Crippen molar-refractivity contribution >= 4 is 39.3 Å². The lowest BCUT2D eigenvalue weighted by Crippen LogP contribution is -2.42. The van der Waals surface area contributed by atoms with Crippen LogP contribution in [0.4, 0.5) is 5.69 Å². The highest BCUT2D eigenvalue weighted by molar-refractivity contribution is 9.10. The van der Waals surface area contributed by atoms with Crippen molar-refractivity contribution in [3.05, 3.63) is 28.7 Å². The molecule has 2 aliphatic rings. The maximum absolute atomic E-state index is 12.7. The largest absolute Gasteiger partial charge is 0.369 e. The molecule has 2 fully saturated rings. The van der Waals surface area contributed by atoms with E-state index in [1.54, 1.807) is 4.90 Å². The first-order valence-corrected chi connectivity index (χ1v) is 10.6. The number of hydrogen-bond acceptors (Lipinski definition) is 4. The first kappa shape index (κ1) is 20.8. The molecule has 152 valence electrons. The number of benzene rings is 1. The van der Waals surface area contributed by atoms with Crippen LogP contribution in [-0.2, 0) is 14.4 Å². The summed E-state index contributed by atoms with van der Waals surface area (Å²) in [6.45, 7) is 3.54. The molecule has 0 aliphatic carbocycles. The van der Waals surface area contributed by atoms with E-state index in [0.717, 1.165) is 42.5 Å². The van der Waals surface area contributed by atoms with Crippen LogP contribution in [0.1, 0.15) is 25.7 Å². The Hall–Kier alpha value is -1.93. The van der Waals surface area contributed by atoms with Crippen LogP contribution in [0.15, 0.2) is 28.7 Å². The summed E-state index contributed by atoms with van der Waals surface area (Å²) in [5.41, 5.74) is 6.21. The molecule has 2 saturated heterocycles. The van der Waals surface area contributed by atoms with Gasteiger partial charge < -0.3 is 20.9 Å². The molecular weight excluding hydrogens is 424 g/mol. The molecule has 0 radical (unpaired) electrons. The quantitative estimate of drug-likeness (QED) is 0.485. The zero-order valence-corrected chi connectivity index (χ0v) is 17.5. The number of hydrogen-bond donors (Lipinski definition) is 2. The number of anilines is 1. The van der Waals surface area contributed by atoms with Crippen molar-refractivity contribution in [3.63, 3.8) is 0 Å². The van der Waals surface area contributed by atoms with Gasteiger partial charge in [-0.05, 0) is 66.8 Å². The Morgan fingerprint density at radius 2 is 2.00 bits per heavy atom. The fraction of sp³-hybridized carbons (Fsp3) is 0.550. The van der Waals surface area contributed by atoms with Crippen molar-refractivity contribution in [2.75, 3.05) is 37.6 Å². The summed E-state index contributed by atoms with van der Waals surface area (Å²) in [6, 6.07) is 7.54. The second kappa shape index (κ2) is 9.52. The highest BCUT2D eigenvalue weighted by Crippen LogP contribution is 2.31. The Morgan fingerprint density at radius 3 is 2.75 bits per heavy atom. The molecule has 0 bridgehead atoms. The van der Waals surface area contributed by atoms with Crippen molar-refractivity contribution in [2.45, 2.75) is 25.7 Å². The van der Waals surface area contributed by atoms with E-state index in [-0.39, 0.29) is 23.6 Å². The van der Waals surface area contributed by atoms with Gasteiger partial charge in [0.15, 0.2) is 0 Å². The SMILES string of the molecule is NC(=O)C1CCCN(CCCNC(=O)C2CCN(c3ccccc3Br)C2=O)C1. The van der Waals surface area contributed by atoms with Crippen molar-refractivity contribution in [3.8, 4) is 0 Å². The second-order valence-electron chi connectivity index (χ2n) is 7.47. The van der Waals surface area contributed by atoms with Gasteiger partial charge in [-0.3, -0.25) is 14.4 Å². The van der Waals surface area contributed by atoms with E-state index >= 15 is 0 Å². The first-order chi connectivity index (χ1) is 13.5.